The first kappa shape index (κ1) is 14.2. The van der Waals surface area contributed by atoms with Crippen LogP contribution in [-0.4, -0.2) is 40.2 Å². The van der Waals surface area contributed by atoms with E-state index < -0.39 is 11.4 Å². The highest BCUT2D eigenvalue weighted by Gasteiger charge is 2.29. The lowest BCUT2D eigenvalue weighted by molar-refractivity contribution is 0.0695. The molecule has 1 atom stereocenters. The van der Waals surface area contributed by atoms with Gasteiger partial charge < -0.3 is 20.7 Å². The fraction of sp³-hybridized carbons (Fsp3) is 0.438. The second-order valence-corrected chi connectivity index (χ2v) is 6.30. The molecule has 1 aliphatic carbocycles. The van der Waals surface area contributed by atoms with Gasteiger partial charge in [-0.3, -0.25) is 4.79 Å². The van der Waals surface area contributed by atoms with E-state index in [9.17, 15) is 9.59 Å². The molecule has 0 radical (unpaired) electrons. The van der Waals surface area contributed by atoms with Crippen LogP contribution in [0, 0.1) is 0 Å². The molecule has 1 saturated heterocycles. The molecule has 2 aliphatic rings. The zero-order valence-corrected chi connectivity index (χ0v) is 12.6. The number of rotatable bonds is 2. The standard InChI is InChI=1S/C16H18N4O3/c17-8-4-5-20(7-8)15-10-3-1-2-9(10)12-13(21)11(16(22)23)6-18-14(12)19-15/h6,8H,1-5,7,17H2,(H,22,23)(H,18,19,21). The molecule has 1 fully saturated rings. The number of anilines is 1. The van der Waals surface area contributed by atoms with Gasteiger partial charge in [0.2, 0.25) is 5.43 Å². The van der Waals surface area contributed by atoms with E-state index in [1.807, 2.05) is 0 Å². The molecule has 0 spiro atoms. The molecule has 7 heteroatoms. The highest BCUT2D eigenvalue weighted by molar-refractivity contribution is 5.93. The van der Waals surface area contributed by atoms with Gasteiger partial charge in [-0.1, -0.05) is 0 Å². The fourth-order valence-corrected chi connectivity index (χ4v) is 3.73. The predicted octanol–water partition coefficient (Wildman–Crippen LogP) is 0.647. The summed E-state index contributed by atoms with van der Waals surface area (Å²) >= 11 is 0. The molecule has 7 nitrogen and oxygen atoms in total. The minimum absolute atomic E-state index is 0.151. The molecule has 2 aromatic heterocycles. The molecule has 0 saturated carbocycles. The van der Waals surface area contributed by atoms with Crippen LogP contribution in [0.3, 0.4) is 0 Å². The molecule has 4 N–H and O–H groups in total. The lowest BCUT2D eigenvalue weighted by atomic mass is 10.0. The number of hydrogen-bond donors (Lipinski definition) is 3. The Kier molecular flexibility index (Phi) is 3.12. The van der Waals surface area contributed by atoms with E-state index in [-0.39, 0.29) is 11.6 Å². The molecule has 2 aromatic rings. The molecule has 1 unspecified atom stereocenters. The van der Waals surface area contributed by atoms with Gasteiger partial charge in [-0.2, -0.15) is 0 Å². The van der Waals surface area contributed by atoms with Crippen LogP contribution in [0.25, 0.3) is 11.0 Å². The van der Waals surface area contributed by atoms with Gasteiger partial charge in [0.1, 0.15) is 17.0 Å². The number of nitrogens with one attached hydrogen (secondary N) is 1. The molecule has 1 aliphatic heterocycles. The summed E-state index contributed by atoms with van der Waals surface area (Å²) in [5.41, 5.74) is 7.84. The van der Waals surface area contributed by atoms with Crippen molar-refractivity contribution >= 4 is 22.8 Å². The van der Waals surface area contributed by atoms with E-state index >= 15 is 0 Å². The quantitative estimate of drug-likeness (QED) is 0.750. The average molecular weight is 314 g/mol. The van der Waals surface area contributed by atoms with Crippen LogP contribution >= 0.6 is 0 Å². The Morgan fingerprint density at radius 1 is 1.39 bits per heavy atom. The van der Waals surface area contributed by atoms with E-state index in [1.54, 1.807) is 0 Å². The number of nitrogens with zero attached hydrogens (tertiary/aromatic N) is 2. The third-order valence-corrected chi connectivity index (χ3v) is 4.82. The number of hydrogen-bond acceptors (Lipinski definition) is 5. The third kappa shape index (κ3) is 2.11. The Bertz CT molecular complexity index is 874. The van der Waals surface area contributed by atoms with Crippen molar-refractivity contribution < 1.29 is 9.90 Å². The van der Waals surface area contributed by atoms with Crippen molar-refractivity contribution in [3.63, 3.8) is 0 Å². The summed E-state index contributed by atoms with van der Waals surface area (Å²) in [6.07, 6.45) is 4.78. The molecule has 0 amide bonds. The second kappa shape index (κ2) is 5.06. The zero-order chi connectivity index (χ0) is 16.1. The van der Waals surface area contributed by atoms with Gasteiger partial charge in [0, 0.05) is 25.3 Å². The molecule has 0 aromatic carbocycles. The van der Waals surface area contributed by atoms with Crippen LogP contribution in [0.4, 0.5) is 5.82 Å². The van der Waals surface area contributed by atoms with Gasteiger partial charge in [-0.05, 0) is 36.8 Å². The van der Waals surface area contributed by atoms with Crippen LogP contribution in [0.1, 0.15) is 34.3 Å². The monoisotopic (exact) mass is 314 g/mol. The summed E-state index contributed by atoms with van der Waals surface area (Å²) in [7, 11) is 0. The number of aromatic nitrogens is 2. The molecule has 23 heavy (non-hydrogen) atoms. The highest BCUT2D eigenvalue weighted by Crippen LogP contribution is 2.34. The Morgan fingerprint density at radius 3 is 2.87 bits per heavy atom. The molecule has 3 heterocycles. The van der Waals surface area contributed by atoms with Gasteiger partial charge in [-0.15, -0.1) is 0 Å². The van der Waals surface area contributed by atoms with E-state index in [2.05, 4.69) is 14.9 Å². The summed E-state index contributed by atoms with van der Waals surface area (Å²) in [4.78, 5) is 33.5. The number of carbonyl (C=O) groups is 1. The van der Waals surface area contributed by atoms with E-state index in [0.717, 1.165) is 55.7 Å². The van der Waals surface area contributed by atoms with Gasteiger partial charge >= 0.3 is 5.97 Å². The number of carboxylic acids is 1. The molecule has 120 valence electrons. The number of H-pyrrole nitrogens is 1. The summed E-state index contributed by atoms with van der Waals surface area (Å²) < 4.78 is 0. The first-order valence-corrected chi connectivity index (χ1v) is 7.87. The maximum Gasteiger partial charge on any atom is 0.341 e. The Morgan fingerprint density at radius 2 is 2.17 bits per heavy atom. The predicted molar refractivity (Wildman–Crippen MR) is 86.2 cm³/mol. The highest BCUT2D eigenvalue weighted by atomic mass is 16.4. The lowest BCUT2D eigenvalue weighted by Crippen LogP contribution is -2.28. The summed E-state index contributed by atoms with van der Waals surface area (Å²) in [6, 6.07) is 0.151. The topological polar surface area (TPSA) is 112 Å². The second-order valence-electron chi connectivity index (χ2n) is 6.30. The van der Waals surface area contributed by atoms with Crippen LogP contribution < -0.4 is 16.1 Å². The van der Waals surface area contributed by atoms with Crippen molar-refractivity contribution in [2.24, 2.45) is 5.73 Å². The fourth-order valence-electron chi connectivity index (χ4n) is 3.73. The molecule has 0 bridgehead atoms. The number of nitrogens with two attached hydrogens (primary N) is 1. The van der Waals surface area contributed by atoms with Crippen LogP contribution in [-0.2, 0) is 12.8 Å². The normalized spacial score (nSPS) is 20.2. The molecular formula is C16H18N4O3. The van der Waals surface area contributed by atoms with Crippen molar-refractivity contribution in [3.05, 3.63) is 33.1 Å². The first-order chi connectivity index (χ1) is 11.1. The Labute approximate surface area is 132 Å². The zero-order valence-electron chi connectivity index (χ0n) is 12.6. The number of carboxylic acid groups (broad SMARTS) is 1. The van der Waals surface area contributed by atoms with E-state index in [0.29, 0.717) is 11.0 Å². The maximum atomic E-state index is 12.5. The van der Waals surface area contributed by atoms with Crippen molar-refractivity contribution in [1.82, 2.24) is 9.97 Å². The van der Waals surface area contributed by atoms with Crippen LogP contribution in [0.15, 0.2) is 11.0 Å². The van der Waals surface area contributed by atoms with E-state index in [4.69, 9.17) is 10.8 Å². The number of aromatic carboxylic acids is 1. The largest absolute Gasteiger partial charge is 0.477 e. The van der Waals surface area contributed by atoms with Crippen molar-refractivity contribution in [3.8, 4) is 0 Å². The molecule has 4 rings (SSSR count). The smallest absolute Gasteiger partial charge is 0.341 e. The Hall–Kier alpha value is -2.41. The molecular weight excluding hydrogens is 296 g/mol. The van der Waals surface area contributed by atoms with Gasteiger partial charge in [-0.25, -0.2) is 9.78 Å². The summed E-state index contributed by atoms with van der Waals surface area (Å²) in [6.45, 7) is 1.63. The first-order valence-electron chi connectivity index (χ1n) is 7.87. The summed E-state index contributed by atoms with van der Waals surface area (Å²) in [5.74, 6) is -0.314. The van der Waals surface area contributed by atoms with Gasteiger partial charge in [0.05, 0.1) is 5.39 Å². The van der Waals surface area contributed by atoms with Gasteiger partial charge in [0.15, 0.2) is 0 Å². The SMILES string of the molecule is NC1CCN(c2nc3[nH]cc(C(=O)O)c(=O)c3c3c2CCC3)C1. The van der Waals surface area contributed by atoms with E-state index in [1.165, 1.54) is 6.20 Å². The minimum Gasteiger partial charge on any atom is -0.477 e. The van der Waals surface area contributed by atoms with Crippen molar-refractivity contribution in [2.45, 2.75) is 31.7 Å². The third-order valence-electron chi connectivity index (χ3n) is 4.82. The van der Waals surface area contributed by atoms with Crippen molar-refractivity contribution in [2.75, 3.05) is 18.0 Å². The maximum absolute atomic E-state index is 12.5. The van der Waals surface area contributed by atoms with Gasteiger partial charge in [0.25, 0.3) is 0 Å². The number of pyridine rings is 2. The Balaban J connectivity index is 1.97. The summed E-state index contributed by atoms with van der Waals surface area (Å²) in [5, 5.41) is 9.60. The average Bonchev–Trinajstić information content (AvgIpc) is 3.15. The van der Waals surface area contributed by atoms with Crippen LogP contribution in [0.2, 0.25) is 0 Å². The minimum atomic E-state index is -1.21. The number of fused-ring (bicyclic) bond motifs is 3. The number of aryl methyl sites for hydroxylation is 1. The lowest BCUT2D eigenvalue weighted by Gasteiger charge is -2.21. The van der Waals surface area contributed by atoms with Crippen LogP contribution in [0.5, 0.6) is 0 Å². The van der Waals surface area contributed by atoms with Crippen molar-refractivity contribution in [1.29, 1.82) is 0 Å². The number of aromatic amines is 1.